The summed E-state index contributed by atoms with van der Waals surface area (Å²) in [6, 6.07) is 3.72. The predicted octanol–water partition coefficient (Wildman–Crippen LogP) is 2.26. The molecule has 3 rings (SSSR count). The highest BCUT2D eigenvalue weighted by atomic mass is 35.5. The van der Waals surface area contributed by atoms with Crippen LogP contribution in [0.15, 0.2) is 17.1 Å². The number of halogens is 1. The number of fused-ring (bicyclic) bond motifs is 1. The summed E-state index contributed by atoms with van der Waals surface area (Å²) in [7, 11) is 0. The number of carbonyl (C=O) groups is 3. The van der Waals surface area contributed by atoms with Gasteiger partial charge in [-0.15, -0.1) is 0 Å². The molecule has 0 radical (unpaired) electrons. The molecule has 1 fully saturated rings. The second-order valence-corrected chi connectivity index (χ2v) is 7.02. The zero-order valence-corrected chi connectivity index (χ0v) is 14.9. The molecule has 0 aliphatic carbocycles. The molecule has 0 unspecified atom stereocenters. The van der Waals surface area contributed by atoms with Crippen molar-refractivity contribution in [2.45, 2.75) is 33.2 Å². The molecule has 1 aromatic carbocycles. The van der Waals surface area contributed by atoms with Crippen molar-refractivity contribution in [3.8, 4) is 0 Å². The monoisotopic (exact) mass is 365 g/mol. The summed E-state index contributed by atoms with van der Waals surface area (Å²) >= 11 is 7.47. The molecule has 126 valence electrons. The highest BCUT2D eigenvalue weighted by Gasteiger charge is 2.30. The molecule has 2 aromatic rings. The number of imide groups is 1. The Labute approximate surface area is 147 Å². The predicted molar refractivity (Wildman–Crippen MR) is 91.8 cm³/mol. The Balaban J connectivity index is 2.00. The van der Waals surface area contributed by atoms with Crippen LogP contribution in [0.3, 0.4) is 0 Å². The number of rotatable bonds is 3. The van der Waals surface area contributed by atoms with Crippen LogP contribution in [-0.2, 0) is 20.9 Å². The third-order valence-electron chi connectivity index (χ3n) is 3.92. The summed E-state index contributed by atoms with van der Waals surface area (Å²) in [5, 5.41) is 0.635. The van der Waals surface area contributed by atoms with Crippen LogP contribution in [0, 0.1) is 6.92 Å². The number of nitrogens with zero attached hydrogens (tertiary/aromatic N) is 3. The molecule has 0 N–H and O–H groups in total. The minimum Gasteiger partial charge on any atom is -0.316 e. The van der Waals surface area contributed by atoms with Crippen molar-refractivity contribution in [3.63, 3.8) is 0 Å². The molecule has 24 heavy (non-hydrogen) atoms. The van der Waals surface area contributed by atoms with Gasteiger partial charge >= 0.3 is 0 Å². The van der Waals surface area contributed by atoms with Crippen molar-refractivity contribution in [1.29, 1.82) is 0 Å². The van der Waals surface area contributed by atoms with Gasteiger partial charge in [0.2, 0.25) is 11.8 Å². The third-order valence-corrected chi connectivity index (χ3v) is 5.16. The summed E-state index contributed by atoms with van der Waals surface area (Å²) in [6.45, 7) is 4.28. The molecule has 2 heterocycles. The first-order valence-electron chi connectivity index (χ1n) is 7.61. The standard InChI is InChI=1S/C16H16ClN3O3S/c1-3-19-15-9(2)6-10(17)7-11(15)24-16(19)18-12(21)8-20-13(22)4-5-14(20)23/h6-7H,3-5,8H2,1-2H3. The molecule has 0 atom stereocenters. The van der Waals surface area contributed by atoms with Crippen molar-refractivity contribution in [2.24, 2.45) is 4.99 Å². The lowest BCUT2D eigenvalue weighted by Gasteiger charge is -2.10. The van der Waals surface area contributed by atoms with Gasteiger partial charge in [-0.25, -0.2) is 0 Å². The first kappa shape index (κ1) is 16.9. The smallest absolute Gasteiger partial charge is 0.268 e. The fourth-order valence-electron chi connectivity index (χ4n) is 2.83. The van der Waals surface area contributed by atoms with Gasteiger partial charge in [0.05, 0.1) is 10.2 Å². The van der Waals surface area contributed by atoms with Crippen LogP contribution in [-0.4, -0.2) is 33.7 Å². The lowest BCUT2D eigenvalue weighted by atomic mass is 10.2. The van der Waals surface area contributed by atoms with Crippen molar-refractivity contribution in [1.82, 2.24) is 9.47 Å². The second-order valence-electron chi connectivity index (χ2n) is 5.58. The molecule has 1 aliphatic heterocycles. The Bertz CT molecular complexity index is 913. The Morgan fingerprint density at radius 2 is 1.96 bits per heavy atom. The van der Waals surface area contributed by atoms with Gasteiger partial charge in [0.15, 0.2) is 4.80 Å². The van der Waals surface area contributed by atoms with E-state index in [9.17, 15) is 14.4 Å². The number of carbonyl (C=O) groups excluding carboxylic acids is 3. The van der Waals surface area contributed by atoms with Crippen LogP contribution in [0.4, 0.5) is 0 Å². The largest absolute Gasteiger partial charge is 0.316 e. The maximum absolute atomic E-state index is 12.2. The van der Waals surface area contributed by atoms with Crippen LogP contribution >= 0.6 is 22.9 Å². The lowest BCUT2D eigenvalue weighted by molar-refractivity contribution is -0.141. The topological polar surface area (TPSA) is 71.7 Å². The van der Waals surface area contributed by atoms with E-state index in [1.54, 1.807) is 0 Å². The summed E-state index contributed by atoms with van der Waals surface area (Å²) in [4.78, 5) is 41.1. The Morgan fingerprint density at radius 3 is 2.58 bits per heavy atom. The van der Waals surface area contributed by atoms with E-state index in [0.29, 0.717) is 16.4 Å². The highest BCUT2D eigenvalue weighted by molar-refractivity contribution is 7.16. The van der Waals surface area contributed by atoms with Crippen molar-refractivity contribution in [3.05, 3.63) is 27.5 Å². The van der Waals surface area contributed by atoms with Gasteiger partial charge in [-0.05, 0) is 31.5 Å². The van der Waals surface area contributed by atoms with Crippen LogP contribution < -0.4 is 4.80 Å². The molecule has 1 aliphatic rings. The van der Waals surface area contributed by atoms with E-state index in [1.807, 2.05) is 30.5 Å². The average Bonchev–Trinajstić information content (AvgIpc) is 3.01. The molecule has 8 heteroatoms. The molecule has 0 bridgehead atoms. The van der Waals surface area contributed by atoms with E-state index in [2.05, 4.69) is 4.99 Å². The minimum atomic E-state index is -0.504. The molecule has 6 nitrogen and oxygen atoms in total. The van der Waals surface area contributed by atoms with E-state index >= 15 is 0 Å². The van der Waals surface area contributed by atoms with E-state index in [4.69, 9.17) is 11.6 Å². The summed E-state index contributed by atoms with van der Waals surface area (Å²) in [5.74, 6) is -1.13. The third kappa shape index (κ3) is 3.01. The number of aryl methyl sites for hydroxylation is 2. The number of benzene rings is 1. The molecule has 1 aromatic heterocycles. The summed E-state index contributed by atoms with van der Waals surface area (Å²) in [6.07, 6.45) is 0.337. The molecule has 3 amide bonds. The molecule has 1 saturated heterocycles. The minimum absolute atomic E-state index is 0.168. The average molecular weight is 366 g/mol. The van der Waals surface area contributed by atoms with Gasteiger partial charge in [0, 0.05) is 24.4 Å². The van der Waals surface area contributed by atoms with Gasteiger partial charge < -0.3 is 4.57 Å². The van der Waals surface area contributed by atoms with Gasteiger partial charge in [-0.1, -0.05) is 22.9 Å². The van der Waals surface area contributed by atoms with Crippen molar-refractivity contribution >= 4 is 50.9 Å². The second kappa shape index (κ2) is 6.49. The number of likely N-dealkylation sites (tertiary alicyclic amines) is 1. The molecule has 0 spiro atoms. The van der Waals surface area contributed by atoms with Crippen molar-refractivity contribution in [2.75, 3.05) is 6.54 Å². The SMILES string of the molecule is CCn1c(=NC(=O)CN2C(=O)CCC2=O)sc2cc(Cl)cc(C)c21. The highest BCUT2D eigenvalue weighted by Crippen LogP contribution is 2.25. The van der Waals surface area contributed by atoms with E-state index in [0.717, 1.165) is 20.7 Å². The van der Waals surface area contributed by atoms with Crippen LogP contribution in [0.1, 0.15) is 25.3 Å². The van der Waals surface area contributed by atoms with Crippen LogP contribution in [0.25, 0.3) is 10.2 Å². The first-order valence-corrected chi connectivity index (χ1v) is 8.80. The van der Waals surface area contributed by atoms with E-state index < -0.39 is 5.91 Å². The van der Waals surface area contributed by atoms with Crippen LogP contribution in [0.5, 0.6) is 0 Å². The maximum atomic E-state index is 12.2. The van der Waals surface area contributed by atoms with Gasteiger partial charge in [0.25, 0.3) is 5.91 Å². The fourth-order valence-corrected chi connectivity index (χ4v) is 4.40. The van der Waals surface area contributed by atoms with E-state index in [-0.39, 0.29) is 31.2 Å². The first-order chi connectivity index (χ1) is 11.4. The summed E-state index contributed by atoms with van der Waals surface area (Å²) < 4.78 is 2.89. The maximum Gasteiger partial charge on any atom is 0.268 e. The van der Waals surface area contributed by atoms with Crippen LogP contribution in [0.2, 0.25) is 5.02 Å². The number of thiazole rings is 1. The zero-order chi connectivity index (χ0) is 17.4. The normalized spacial score (nSPS) is 15.8. The number of hydrogen-bond acceptors (Lipinski definition) is 4. The Hall–Kier alpha value is -1.99. The van der Waals surface area contributed by atoms with Gasteiger partial charge in [0.1, 0.15) is 6.54 Å². The van der Waals surface area contributed by atoms with Crippen molar-refractivity contribution < 1.29 is 14.4 Å². The number of amides is 3. The summed E-state index contributed by atoms with van der Waals surface area (Å²) in [5.41, 5.74) is 2.00. The Kier molecular flexibility index (Phi) is 4.56. The molecular formula is C16H16ClN3O3S. The number of hydrogen-bond donors (Lipinski definition) is 0. The molecular weight excluding hydrogens is 350 g/mol. The van der Waals surface area contributed by atoms with E-state index in [1.165, 1.54) is 11.3 Å². The molecule has 0 saturated carbocycles. The van der Waals surface area contributed by atoms with Gasteiger partial charge in [-0.3, -0.25) is 19.3 Å². The zero-order valence-electron chi connectivity index (χ0n) is 13.3. The fraction of sp³-hybridized carbons (Fsp3) is 0.375. The Morgan fingerprint density at radius 1 is 1.29 bits per heavy atom. The number of aromatic nitrogens is 1. The lowest BCUT2D eigenvalue weighted by Crippen LogP contribution is -2.34. The van der Waals surface area contributed by atoms with Gasteiger partial charge in [-0.2, -0.15) is 4.99 Å². The quantitative estimate of drug-likeness (QED) is 0.783.